The summed E-state index contributed by atoms with van der Waals surface area (Å²) in [5, 5.41) is 0. The average molecular weight is 501 g/mol. The maximum Gasteiger partial charge on any atom is 0.573 e. The van der Waals surface area contributed by atoms with Gasteiger partial charge in [0.15, 0.2) is 5.82 Å². The Kier molecular flexibility index (Phi) is 6.91. The second-order valence-corrected chi connectivity index (χ2v) is 9.01. The van der Waals surface area contributed by atoms with Gasteiger partial charge in [0.25, 0.3) is 5.82 Å². The molecule has 0 N–H and O–H groups in total. The van der Waals surface area contributed by atoms with E-state index >= 15 is 0 Å². The minimum Gasteiger partial charge on any atom is -0.406 e. The van der Waals surface area contributed by atoms with Gasteiger partial charge in [-0.25, -0.2) is 4.79 Å². The second kappa shape index (κ2) is 9.78. The van der Waals surface area contributed by atoms with Gasteiger partial charge in [-0.05, 0) is 50.1 Å². The number of hydrogen-bond acceptors (Lipinski definition) is 6. The maximum absolute atomic E-state index is 12.6. The highest BCUT2D eigenvalue weighted by Crippen LogP contribution is 2.34. The SMILES string of the molecule is [C-]#[N+]c1ccc2c(n1)c(N1C[C@@H](C)N(C(CC)c3ccc(OC(F)(F)F)cc3)C[C@@H]1C)nc(=O)n2C. The van der Waals surface area contributed by atoms with Gasteiger partial charge >= 0.3 is 12.1 Å². The summed E-state index contributed by atoms with van der Waals surface area (Å²) in [6.07, 6.45) is -3.97. The lowest BCUT2D eigenvalue weighted by Crippen LogP contribution is -2.57. The Morgan fingerprint density at radius 1 is 1.11 bits per heavy atom. The maximum atomic E-state index is 12.6. The minimum absolute atomic E-state index is 0.00951. The summed E-state index contributed by atoms with van der Waals surface area (Å²) in [5.41, 5.74) is 1.61. The van der Waals surface area contributed by atoms with Gasteiger partial charge in [-0.3, -0.25) is 9.47 Å². The summed E-state index contributed by atoms with van der Waals surface area (Å²) in [6.45, 7) is 14.7. The Hall–Kier alpha value is -3.65. The van der Waals surface area contributed by atoms with Crippen molar-refractivity contribution in [2.45, 2.75) is 51.7 Å². The standard InChI is InChI=1S/C25H27F3N6O2/c1-6-19(17-7-9-18(10-8-17)36-25(26,27)28)33-13-16(3)34(14-15(33)2)23-22-20(32(5)24(35)31-23)11-12-21(29-4)30-22/h7-12,15-16,19H,6,13-14H2,1-3,5H3/t15-,16+,19?/m1/s1. The van der Waals surface area contributed by atoms with Crippen LogP contribution in [0.15, 0.2) is 41.2 Å². The highest BCUT2D eigenvalue weighted by atomic mass is 19.4. The van der Waals surface area contributed by atoms with Crippen LogP contribution in [0.4, 0.5) is 24.8 Å². The molecule has 1 fully saturated rings. The number of rotatable bonds is 5. The van der Waals surface area contributed by atoms with E-state index in [9.17, 15) is 18.0 Å². The van der Waals surface area contributed by atoms with Crippen molar-refractivity contribution in [1.29, 1.82) is 0 Å². The monoisotopic (exact) mass is 500 g/mol. The number of hydrogen-bond donors (Lipinski definition) is 0. The third kappa shape index (κ3) is 4.99. The number of fused-ring (bicyclic) bond motifs is 1. The van der Waals surface area contributed by atoms with Crippen molar-refractivity contribution in [2.24, 2.45) is 7.05 Å². The number of halogens is 3. The Balaban J connectivity index is 1.62. The number of nitrogens with zero attached hydrogens (tertiary/aromatic N) is 6. The van der Waals surface area contributed by atoms with Gasteiger partial charge in [0.2, 0.25) is 5.52 Å². The van der Waals surface area contributed by atoms with E-state index in [2.05, 4.69) is 36.3 Å². The number of ether oxygens (including phenoxy) is 1. The first-order valence-electron chi connectivity index (χ1n) is 11.7. The third-order valence-corrected chi connectivity index (χ3v) is 6.63. The summed E-state index contributed by atoms with van der Waals surface area (Å²) in [5.74, 6) is 0.439. The van der Waals surface area contributed by atoms with E-state index in [0.717, 1.165) is 12.0 Å². The van der Waals surface area contributed by atoms with E-state index in [0.29, 0.717) is 29.9 Å². The second-order valence-electron chi connectivity index (χ2n) is 9.01. The third-order valence-electron chi connectivity index (χ3n) is 6.63. The highest BCUT2D eigenvalue weighted by Gasteiger charge is 2.36. The van der Waals surface area contributed by atoms with E-state index in [1.165, 1.54) is 16.7 Å². The number of anilines is 1. The minimum atomic E-state index is -4.73. The largest absolute Gasteiger partial charge is 0.573 e. The van der Waals surface area contributed by atoms with Crippen molar-refractivity contribution in [3.8, 4) is 5.75 Å². The molecule has 1 aliphatic rings. The first kappa shape index (κ1) is 25.4. The fraction of sp³-hybridized carbons (Fsp3) is 0.440. The van der Waals surface area contributed by atoms with E-state index in [1.54, 1.807) is 31.3 Å². The van der Waals surface area contributed by atoms with Crippen molar-refractivity contribution in [3.63, 3.8) is 0 Å². The predicted octanol–water partition coefficient (Wildman–Crippen LogP) is 4.83. The number of aromatic nitrogens is 3. The van der Waals surface area contributed by atoms with E-state index in [1.807, 2.05) is 13.8 Å². The summed E-state index contributed by atoms with van der Waals surface area (Å²) >= 11 is 0. The summed E-state index contributed by atoms with van der Waals surface area (Å²) in [6, 6.07) is 9.32. The molecule has 36 heavy (non-hydrogen) atoms. The number of aryl methyl sites for hydroxylation is 1. The van der Waals surface area contributed by atoms with Crippen LogP contribution in [0.3, 0.4) is 0 Å². The van der Waals surface area contributed by atoms with Gasteiger partial charge < -0.3 is 14.5 Å². The van der Waals surface area contributed by atoms with Gasteiger partial charge in [-0.1, -0.05) is 25.6 Å². The van der Waals surface area contributed by atoms with Crippen LogP contribution < -0.4 is 15.3 Å². The molecule has 0 bridgehead atoms. The summed E-state index contributed by atoms with van der Waals surface area (Å²) < 4.78 is 43.0. The lowest BCUT2D eigenvalue weighted by atomic mass is 9.97. The lowest BCUT2D eigenvalue weighted by molar-refractivity contribution is -0.274. The molecule has 4 rings (SSSR count). The molecule has 0 saturated carbocycles. The Bertz CT molecular complexity index is 1350. The fourth-order valence-electron chi connectivity index (χ4n) is 4.90. The van der Waals surface area contributed by atoms with Crippen LogP contribution in [0.5, 0.6) is 5.75 Å². The van der Waals surface area contributed by atoms with Crippen molar-refractivity contribution in [1.82, 2.24) is 19.4 Å². The molecule has 1 unspecified atom stereocenters. The molecule has 0 aliphatic carbocycles. The molecule has 190 valence electrons. The average Bonchev–Trinajstić information content (AvgIpc) is 2.83. The van der Waals surface area contributed by atoms with Crippen molar-refractivity contribution < 1.29 is 17.9 Å². The predicted molar refractivity (Wildman–Crippen MR) is 130 cm³/mol. The zero-order valence-corrected chi connectivity index (χ0v) is 20.5. The number of piperazine rings is 1. The van der Waals surface area contributed by atoms with Crippen molar-refractivity contribution >= 4 is 22.7 Å². The number of pyridine rings is 1. The highest BCUT2D eigenvalue weighted by molar-refractivity contribution is 5.87. The van der Waals surface area contributed by atoms with Gasteiger partial charge in [0.1, 0.15) is 5.75 Å². The van der Waals surface area contributed by atoms with Crippen LogP contribution in [0.2, 0.25) is 0 Å². The Labute approximate surface area is 206 Å². The molecular weight excluding hydrogens is 473 g/mol. The van der Waals surface area contributed by atoms with Crippen LogP contribution in [-0.2, 0) is 7.05 Å². The number of alkyl halides is 3. The molecule has 3 atom stereocenters. The zero-order valence-electron chi connectivity index (χ0n) is 20.5. The van der Waals surface area contributed by atoms with Gasteiger partial charge in [0.05, 0.1) is 5.52 Å². The molecule has 1 saturated heterocycles. The Morgan fingerprint density at radius 2 is 1.81 bits per heavy atom. The molecule has 0 spiro atoms. The van der Waals surface area contributed by atoms with Crippen LogP contribution in [0, 0.1) is 6.57 Å². The molecular formula is C25H27F3N6O2. The van der Waals surface area contributed by atoms with E-state index in [4.69, 9.17) is 6.57 Å². The van der Waals surface area contributed by atoms with Crippen LogP contribution >= 0.6 is 0 Å². The molecule has 3 aromatic rings. The molecule has 0 radical (unpaired) electrons. The van der Waals surface area contributed by atoms with Crippen molar-refractivity contribution in [3.05, 3.63) is 63.9 Å². The number of benzene rings is 1. The molecule has 1 aromatic carbocycles. The van der Waals surface area contributed by atoms with Gasteiger partial charge in [-0.15, -0.1) is 18.2 Å². The lowest BCUT2D eigenvalue weighted by Gasteiger charge is -2.47. The van der Waals surface area contributed by atoms with Gasteiger partial charge in [-0.2, -0.15) is 4.98 Å². The Morgan fingerprint density at radius 3 is 2.42 bits per heavy atom. The molecule has 8 nitrogen and oxygen atoms in total. The van der Waals surface area contributed by atoms with Crippen LogP contribution in [0.25, 0.3) is 15.9 Å². The van der Waals surface area contributed by atoms with Crippen LogP contribution in [0.1, 0.15) is 38.8 Å². The topological polar surface area (TPSA) is 67.9 Å². The van der Waals surface area contributed by atoms with E-state index in [-0.39, 0.29) is 29.7 Å². The molecule has 3 heterocycles. The normalized spacial score (nSPS) is 19.8. The smallest absolute Gasteiger partial charge is 0.406 e. The molecule has 2 aromatic heterocycles. The van der Waals surface area contributed by atoms with Gasteiger partial charge in [0, 0.05) is 38.3 Å². The fourth-order valence-corrected chi connectivity index (χ4v) is 4.90. The molecule has 0 amide bonds. The summed E-state index contributed by atoms with van der Waals surface area (Å²) in [4.78, 5) is 29.2. The molecule has 11 heteroatoms. The first-order valence-corrected chi connectivity index (χ1v) is 11.7. The van der Waals surface area contributed by atoms with Crippen LogP contribution in [-0.4, -0.2) is 51.0 Å². The quantitative estimate of drug-likeness (QED) is 0.468. The summed E-state index contributed by atoms with van der Waals surface area (Å²) in [7, 11) is 1.63. The van der Waals surface area contributed by atoms with E-state index < -0.39 is 12.1 Å². The first-order chi connectivity index (χ1) is 17.0. The van der Waals surface area contributed by atoms with Crippen molar-refractivity contribution in [2.75, 3.05) is 18.0 Å². The zero-order chi connectivity index (χ0) is 26.2. The molecule has 1 aliphatic heterocycles.